The number of nitrogens with one attached hydrogen (secondary N) is 1. The molecule has 0 unspecified atom stereocenters. The van der Waals surface area contributed by atoms with E-state index >= 15 is 0 Å². The van der Waals surface area contributed by atoms with Crippen LogP contribution in [0, 0.1) is 11.8 Å². The Morgan fingerprint density at radius 1 is 1.04 bits per heavy atom. The zero-order valence-corrected chi connectivity index (χ0v) is 13.1. The first-order chi connectivity index (χ1) is 11.7. The van der Waals surface area contributed by atoms with Crippen molar-refractivity contribution in [2.24, 2.45) is 0 Å². The number of rotatable bonds is 2. The summed E-state index contributed by atoms with van der Waals surface area (Å²) in [6, 6.07) is 16.7. The molecule has 3 aromatic rings. The van der Waals surface area contributed by atoms with E-state index in [1.165, 1.54) is 0 Å². The Morgan fingerprint density at radius 2 is 1.75 bits per heavy atom. The third-order valence-electron chi connectivity index (χ3n) is 3.51. The number of pyridine rings is 1. The van der Waals surface area contributed by atoms with E-state index in [1.54, 1.807) is 13.0 Å². The maximum absolute atomic E-state index is 12.4. The molecule has 0 aliphatic heterocycles. The molecule has 1 aromatic heterocycles. The molecule has 3 rings (SSSR count). The lowest BCUT2D eigenvalue weighted by atomic mass is 10.0. The van der Waals surface area contributed by atoms with Gasteiger partial charge in [0.1, 0.15) is 5.56 Å². The van der Waals surface area contributed by atoms with Gasteiger partial charge in [0.15, 0.2) is 0 Å². The first-order valence-corrected chi connectivity index (χ1v) is 7.60. The quantitative estimate of drug-likeness (QED) is 0.583. The third kappa shape index (κ3) is 3.06. The van der Waals surface area contributed by atoms with Gasteiger partial charge in [-0.1, -0.05) is 48.2 Å². The van der Waals surface area contributed by atoms with Gasteiger partial charge in [-0.2, -0.15) is 0 Å². The highest BCUT2D eigenvalue weighted by Gasteiger charge is 2.19. The molecular weight excluding hydrogens is 302 g/mol. The summed E-state index contributed by atoms with van der Waals surface area (Å²) in [7, 11) is 0. The van der Waals surface area contributed by atoms with Crippen molar-refractivity contribution < 1.29 is 9.53 Å². The van der Waals surface area contributed by atoms with Gasteiger partial charge in [-0.3, -0.25) is 4.79 Å². The highest BCUT2D eigenvalue weighted by Crippen LogP contribution is 2.18. The molecule has 0 fully saturated rings. The number of ether oxygens (including phenoxy) is 1. The van der Waals surface area contributed by atoms with Crippen molar-refractivity contribution in [2.75, 3.05) is 6.61 Å². The maximum Gasteiger partial charge on any atom is 0.345 e. The van der Waals surface area contributed by atoms with Gasteiger partial charge in [0, 0.05) is 16.5 Å². The number of carbonyl (C=O) groups is 1. The van der Waals surface area contributed by atoms with Crippen LogP contribution in [-0.2, 0) is 4.74 Å². The summed E-state index contributed by atoms with van der Waals surface area (Å²) in [5.74, 6) is 5.32. The zero-order chi connectivity index (χ0) is 16.9. The number of fused-ring (bicyclic) bond motifs is 1. The van der Waals surface area contributed by atoms with Gasteiger partial charge >= 0.3 is 5.97 Å². The Bertz CT molecular complexity index is 1010. The monoisotopic (exact) mass is 317 g/mol. The molecule has 0 atom stereocenters. The number of para-hydroxylation sites is 1. The molecule has 0 aliphatic carbocycles. The van der Waals surface area contributed by atoms with E-state index in [9.17, 15) is 9.59 Å². The molecule has 118 valence electrons. The maximum atomic E-state index is 12.4. The van der Waals surface area contributed by atoms with Crippen LogP contribution in [0.5, 0.6) is 0 Å². The molecule has 0 radical (unpaired) electrons. The van der Waals surface area contributed by atoms with E-state index in [4.69, 9.17) is 4.74 Å². The minimum absolute atomic E-state index is 0.0565. The Kier molecular flexibility index (Phi) is 4.44. The fourth-order valence-corrected chi connectivity index (χ4v) is 2.43. The molecular formula is C20H15NO3. The Morgan fingerprint density at radius 3 is 2.50 bits per heavy atom. The largest absolute Gasteiger partial charge is 0.462 e. The van der Waals surface area contributed by atoms with Crippen LogP contribution in [0.1, 0.15) is 28.4 Å². The molecule has 0 saturated carbocycles. The predicted octanol–water partition coefficient (Wildman–Crippen LogP) is 3.10. The average Bonchev–Trinajstić information content (AvgIpc) is 2.60. The SMILES string of the molecule is CCOC(=O)c1c(C#Cc2ccccc2)c2ccccc2[nH]c1=O. The molecule has 1 heterocycles. The molecule has 24 heavy (non-hydrogen) atoms. The smallest absolute Gasteiger partial charge is 0.345 e. The summed E-state index contributed by atoms with van der Waals surface area (Å²) in [6.45, 7) is 1.89. The average molecular weight is 317 g/mol. The first kappa shape index (κ1) is 15.6. The second kappa shape index (κ2) is 6.84. The van der Waals surface area contributed by atoms with Crippen LogP contribution in [0.2, 0.25) is 0 Å². The molecule has 0 bridgehead atoms. The Labute approximate surface area is 139 Å². The van der Waals surface area contributed by atoms with E-state index in [-0.39, 0.29) is 12.2 Å². The van der Waals surface area contributed by atoms with Crippen molar-refractivity contribution in [3.63, 3.8) is 0 Å². The number of benzene rings is 2. The van der Waals surface area contributed by atoms with Crippen LogP contribution >= 0.6 is 0 Å². The van der Waals surface area contributed by atoms with Crippen LogP contribution in [0.4, 0.5) is 0 Å². The second-order valence-electron chi connectivity index (χ2n) is 5.09. The number of carbonyl (C=O) groups excluding carboxylic acids is 1. The van der Waals surface area contributed by atoms with Crippen LogP contribution in [0.15, 0.2) is 59.4 Å². The lowest BCUT2D eigenvalue weighted by Gasteiger charge is -2.07. The molecule has 2 aromatic carbocycles. The zero-order valence-electron chi connectivity index (χ0n) is 13.1. The van der Waals surface area contributed by atoms with Gasteiger partial charge in [0.05, 0.1) is 12.2 Å². The van der Waals surface area contributed by atoms with Crippen molar-refractivity contribution in [1.29, 1.82) is 0 Å². The van der Waals surface area contributed by atoms with Crippen molar-refractivity contribution >= 4 is 16.9 Å². The van der Waals surface area contributed by atoms with E-state index in [2.05, 4.69) is 16.8 Å². The molecule has 4 nitrogen and oxygen atoms in total. The van der Waals surface area contributed by atoms with E-state index in [1.807, 2.05) is 48.5 Å². The summed E-state index contributed by atoms with van der Waals surface area (Å²) in [5.41, 5.74) is 1.27. The fourth-order valence-electron chi connectivity index (χ4n) is 2.43. The summed E-state index contributed by atoms with van der Waals surface area (Å²) in [6.07, 6.45) is 0. The van der Waals surface area contributed by atoms with Crippen molar-refractivity contribution in [1.82, 2.24) is 4.98 Å². The number of aromatic amines is 1. The van der Waals surface area contributed by atoms with Crippen molar-refractivity contribution in [3.8, 4) is 11.8 Å². The van der Waals surface area contributed by atoms with Crippen molar-refractivity contribution in [3.05, 3.63) is 81.6 Å². The number of esters is 1. The third-order valence-corrected chi connectivity index (χ3v) is 3.51. The molecule has 1 N–H and O–H groups in total. The normalized spacial score (nSPS) is 10.0. The minimum atomic E-state index is -0.665. The minimum Gasteiger partial charge on any atom is -0.462 e. The lowest BCUT2D eigenvalue weighted by molar-refractivity contribution is 0.0524. The van der Waals surface area contributed by atoms with Gasteiger partial charge in [-0.05, 0) is 25.1 Å². The number of H-pyrrole nitrogens is 1. The highest BCUT2D eigenvalue weighted by molar-refractivity contribution is 5.99. The predicted molar refractivity (Wildman–Crippen MR) is 92.9 cm³/mol. The summed E-state index contributed by atoms with van der Waals surface area (Å²) < 4.78 is 5.02. The highest BCUT2D eigenvalue weighted by atomic mass is 16.5. The molecule has 0 aliphatic rings. The summed E-state index contributed by atoms with van der Waals surface area (Å²) in [4.78, 5) is 27.3. The lowest BCUT2D eigenvalue weighted by Crippen LogP contribution is -2.22. The standard InChI is InChI=1S/C20H15NO3/c1-2-24-20(23)18-16(13-12-14-8-4-3-5-9-14)15-10-6-7-11-17(15)21-19(18)22/h3-11H,2H2,1H3,(H,21,22). The van der Waals surface area contributed by atoms with E-state index in [0.717, 1.165) is 5.56 Å². The summed E-state index contributed by atoms with van der Waals surface area (Å²) in [5, 5.41) is 0.712. The molecule has 0 saturated heterocycles. The topological polar surface area (TPSA) is 59.2 Å². The molecule has 0 amide bonds. The van der Waals surface area contributed by atoms with E-state index in [0.29, 0.717) is 16.5 Å². The Hall–Kier alpha value is -3.32. The van der Waals surface area contributed by atoms with Gasteiger partial charge in [-0.15, -0.1) is 0 Å². The van der Waals surface area contributed by atoms with Crippen LogP contribution < -0.4 is 5.56 Å². The van der Waals surface area contributed by atoms with Crippen LogP contribution in [-0.4, -0.2) is 17.6 Å². The Balaban J connectivity index is 2.27. The fraction of sp³-hybridized carbons (Fsp3) is 0.100. The first-order valence-electron chi connectivity index (χ1n) is 7.60. The number of aromatic nitrogens is 1. The van der Waals surface area contributed by atoms with Gasteiger partial charge in [-0.25, -0.2) is 4.79 Å². The second-order valence-corrected chi connectivity index (χ2v) is 5.09. The van der Waals surface area contributed by atoms with Gasteiger partial charge < -0.3 is 9.72 Å². The van der Waals surface area contributed by atoms with Crippen LogP contribution in [0.25, 0.3) is 10.9 Å². The van der Waals surface area contributed by atoms with Crippen molar-refractivity contribution in [2.45, 2.75) is 6.92 Å². The van der Waals surface area contributed by atoms with E-state index < -0.39 is 11.5 Å². The van der Waals surface area contributed by atoms with Gasteiger partial charge in [0.25, 0.3) is 5.56 Å². The molecule has 4 heteroatoms. The van der Waals surface area contributed by atoms with Crippen LogP contribution in [0.3, 0.4) is 0 Å². The number of hydrogen-bond acceptors (Lipinski definition) is 3. The summed E-state index contributed by atoms with van der Waals surface area (Å²) >= 11 is 0. The number of hydrogen-bond donors (Lipinski definition) is 1. The molecule has 0 spiro atoms. The van der Waals surface area contributed by atoms with Gasteiger partial charge in [0.2, 0.25) is 0 Å².